The van der Waals surface area contributed by atoms with Crippen molar-refractivity contribution in [3.05, 3.63) is 47.9 Å². The number of aryl methyl sites for hydroxylation is 1. The number of aromatic nitrogens is 2. The summed E-state index contributed by atoms with van der Waals surface area (Å²) in [5.74, 6) is 0.936. The van der Waals surface area contributed by atoms with Gasteiger partial charge in [-0.15, -0.1) is 0 Å². The van der Waals surface area contributed by atoms with Crippen molar-refractivity contribution in [3.8, 4) is 11.3 Å². The van der Waals surface area contributed by atoms with E-state index in [1.54, 1.807) is 0 Å². The molecule has 0 aliphatic carbocycles. The van der Waals surface area contributed by atoms with Crippen LogP contribution in [0.3, 0.4) is 0 Å². The highest BCUT2D eigenvalue weighted by Gasteiger charge is 2.15. The summed E-state index contributed by atoms with van der Waals surface area (Å²) in [5, 5.41) is 2.89. The number of amides is 1. The monoisotopic (exact) mass is 296 g/mol. The molecule has 0 bridgehead atoms. The minimum absolute atomic E-state index is 0.123. The maximum atomic E-state index is 11.4. The van der Waals surface area contributed by atoms with Crippen molar-refractivity contribution in [1.82, 2.24) is 20.2 Å². The smallest absolute Gasteiger partial charge is 0.221 e. The summed E-state index contributed by atoms with van der Waals surface area (Å²) >= 11 is 0. The second kappa shape index (κ2) is 6.66. The molecule has 0 saturated carbocycles. The molecule has 1 saturated heterocycles. The van der Waals surface area contributed by atoms with Gasteiger partial charge in [-0.3, -0.25) is 9.69 Å². The molecule has 1 aromatic heterocycles. The number of carbonyl (C=O) groups is 1. The molecule has 2 aromatic rings. The van der Waals surface area contributed by atoms with E-state index < -0.39 is 0 Å². The lowest BCUT2D eigenvalue weighted by atomic mass is 10.1. The fraction of sp³-hybridized carbons (Fsp3) is 0.353. The summed E-state index contributed by atoms with van der Waals surface area (Å²) in [6.45, 7) is 4.95. The van der Waals surface area contributed by atoms with E-state index in [4.69, 9.17) is 0 Å². The number of carbonyl (C=O) groups excluding carboxylic acids is 1. The van der Waals surface area contributed by atoms with E-state index >= 15 is 0 Å². The van der Waals surface area contributed by atoms with Gasteiger partial charge in [-0.05, 0) is 13.0 Å². The minimum Gasteiger partial charge on any atom is -0.355 e. The first kappa shape index (κ1) is 14.7. The molecule has 1 aromatic carbocycles. The Balaban J connectivity index is 1.79. The van der Waals surface area contributed by atoms with Gasteiger partial charge in [0.05, 0.1) is 12.2 Å². The molecule has 0 spiro atoms. The van der Waals surface area contributed by atoms with Crippen LogP contribution >= 0.6 is 0 Å². The first-order valence-corrected chi connectivity index (χ1v) is 7.60. The van der Waals surface area contributed by atoms with Crippen molar-refractivity contribution >= 4 is 5.91 Å². The van der Waals surface area contributed by atoms with Crippen LogP contribution in [-0.2, 0) is 11.3 Å². The lowest BCUT2D eigenvalue weighted by molar-refractivity contribution is -0.120. The van der Waals surface area contributed by atoms with E-state index in [0.717, 1.165) is 35.9 Å². The maximum Gasteiger partial charge on any atom is 0.221 e. The Labute approximate surface area is 130 Å². The van der Waals surface area contributed by atoms with Crippen molar-refractivity contribution in [2.45, 2.75) is 19.9 Å². The molecule has 0 radical (unpaired) electrons. The summed E-state index contributed by atoms with van der Waals surface area (Å²) in [6.07, 6.45) is 0.539. The van der Waals surface area contributed by atoms with Crippen molar-refractivity contribution in [2.75, 3.05) is 19.6 Å². The fourth-order valence-corrected chi connectivity index (χ4v) is 2.63. The summed E-state index contributed by atoms with van der Waals surface area (Å²) in [7, 11) is 0. The molecule has 1 fully saturated rings. The molecule has 5 heteroatoms. The van der Waals surface area contributed by atoms with Gasteiger partial charge in [0, 0.05) is 37.3 Å². The summed E-state index contributed by atoms with van der Waals surface area (Å²) in [5.41, 5.74) is 3.02. The molecular formula is C17H20N4O. The molecule has 5 nitrogen and oxygen atoms in total. The Hall–Kier alpha value is -2.27. The zero-order chi connectivity index (χ0) is 15.4. The SMILES string of the molecule is Cc1cc(-c2ccccc2)nc(CN2CCNC(=O)CC2)n1. The van der Waals surface area contributed by atoms with Gasteiger partial charge in [0.15, 0.2) is 0 Å². The van der Waals surface area contributed by atoms with Gasteiger partial charge in [-0.25, -0.2) is 9.97 Å². The molecule has 0 atom stereocenters. The molecular weight excluding hydrogens is 276 g/mol. The van der Waals surface area contributed by atoms with Crippen molar-refractivity contribution in [1.29, 1.82) is 0 Å². The Kier molecular flexibility index (Phi) is 4.44. The van der Waals surface area contributed by atoms with Crippen LogP contribution in [0.15, 0.2) is 36.4 Å². The molecule has 114 valence electrons. The topological polar surface area (TPSA) is 58.1 Å². The largest absolute Gasteiger partial charge is 0.355 e. The predicted octanol–water partition coefficient (Wildman–Crippen LogP) is 1.77. The zero-order valence-corrected chi connectivity index (χ0v) is 12.7. The van der Waals surface area contributed by atoms with Crippen LogP contribution in [-0.4, -0.2) is 40.4 Å². The quantitative estimate of drug-likeness (QED) is 0.938. The van der Waals surface area contributed by atoms with Crippen LogP contribution in [0.2, 0.25) is 0 Å². The average Bonchev–Trinajstić information content (AvgIpc) is 2.72. The van der Waals surface area contributed by atoms with Gasteiger partial charge in [-0.2, -0.15) is 0 Å². The Morgan fingerprint density at radius 3 is 2.82 bits per heavy atom. The van der Waals surface area contributed by atoms with Crippen molar-refractivity contribution < 1.29 is 4.79 Å². The van der Waals surface area contributed by atoms with Gasteiger partial charge in [-0.1, -0.05) is 30.3 Å². The Morgan fingerprint density at radius 1 is 1.18 bits per heavy atom. The number of rotatable bonds is 3. The average molecular weight is 296 g/mol. The predicted molar refractivity (Wildman–Crippen MR) is 85.1 cm³/mol. The third-order valence-electron chi connectivity index (χ3n) is 3.74. The van der Waals surface area contributed by atoms with E-state index in [9.17, 15) is 4.79 Å². The molecule has 1 aliphatic rings. The van der Waals surface area contributed by atoms with E-state index in [0.29, 0.717) is 19.5 Å². The second-order valence-electron chi connectivity index (χ2n) is 5.55. The molecule has 1 N–H and O–H groups in total. The van der Waals surface area contributed by atoms with E-state index in [2.05, 4.69) is 32.3 Å². The lowest BCUT2D eigenvalue weighted by Gasteiger charge is -2.18. The molecule has 1 amide bonds. The molecule has 22 heavy (non-hydrogen) atoms. The van der Waals surface area contributed by atoms with Crippen LogP contribution < -0.4 is 5.32 Å². The number of nitrogens with one attached hydrogen (secondary N) is 1. The summed E-state index contributed by atoms with van der Waals surface area (Å²) in [6, 6.07) is 12.1. The number of hydrogen-bond acceptors (Lipinski definition) is 4. The number of benzene rings is 1. The highest BCUT2D eigenvalue weighted by atomic mass is 16.1. The normalized spacial score (nSPS) is 16.1. The van der Waals surface area contributed by atoms with Crippen LogP contribution in [0, 0.1) is 6.92 Å². The minimum atomic E-state index is 0.123. The van der Waals surface area contributed by atoms with Crippen LogP contribution in [0.5, 0.6) is 0 Å². The standard InChI is InChI=1S/C17H20N4O/c1-13-11-15(14-5-3-2-4-6-14)20-16(19-13)12-21-9-7-17(22)18-8-10-21/h2-6,11H,7-10,12H2,1H3,(H,18,22). The summed E-state index contributed by atoms with van der Waals surface area (Å²) in [4.78, 5) is 22.9. The van der Waals surface area contributed by atoms with Crippen molar-refractivity contribution in [3.63, 3.8) is 0 Å². The third-order valence-corrected chi connectivity index (χ3v) is 3.74. The van der Waals surface area contributed by atoms with Gasteiger partial charge in [0.25, 0.3) is 0 Å². The summed E-state index contributed by atoms with van der Waals surface area (Å²) < 4.78 is 0. The highest BCUT2D eigenvalue weighted by molar-refractivity contribution is 5.76. The lowest BCUT2D eigenvalue weighted by Crippen LogP contribution is -2.29. The van der Waals surface area contributed by atoms with Gasteiger partial charge in [0.2, 0.25) is 5.91 Å². The number of nitrogens with zero attached hydrogens (tertiary/aromatic N) is 3. The van der Waals surface area contributed by atoms with Gasteiger partial charge >= 0.3 is 0 Å². The van der Waals surface area contributed by atoms with Crippen LogP contribution in [0.25, 0.3) is 11.3 Å². The van der Waals surface area contributed by atoms with Crippen molar-refractivity contribution in [2.24, 2.45) is 0 Å². The van der Waals surface area contributed by atoms with Gasteiger partial charge < -0.3 is 5.32 Å². The molecule has 3 rings (SSSR count). The zero-order valence-electron chi connectivity index (χ0n) is 12.7. The first-order chi connectivity index (χ1) is 10.7. The second-order valence-corrected chi connectivity index (χ2v) is 5.55. The van der Waals surface area contributed by atoms with E-state index in [-0.39, 0.29) is 5.91 Å². The highest BCUT2D eigenvalue weighted by Crippen LogP contribution is 2.17. The molecule has 2 heterocycles. The maximum absolute atomic E-state index is 11.4. The number of hydrogen-bond donors (Lipinski definition) is 1. The Morgan fingerprint density at radius 2 is 2.00 bits per heavy atom. The van der Waals surface area contributed by atoms with E-state index in [1.807, 2.05) is 31.2 Å². The Bertz CT molecular complexity index is 657. The first-order valence-electron chi connectivity index (χ1n) is 7.60. The van der Waals surface area contributed by atoms with Crippen LogP contribution in [0.1, 0.15) is 17.9 Å². The molecule has 0 unspecified atom stereocenters. The van der Waals surface area contributed by atoms with Gasteiger partial charge in [0.1, 0.15) is 5.82 Å². The fourth-order valence-electron chi connectivity index (χ4n) is 2.63. The van der Waals surface area contributed by atoms with E-state index in [1.165, 1.54) is 0 Å². The molecule has 1 aliphatic heterocycles. The third kappa shape index (κ3) is 3.68. The van der Waals surface area contributed by atoms with Crippen LogP contribution in [0.4, 0.5) is 0 Å².